The fourth-order valence-corrected chi connectivity index (χ4v) is 10.7. The Morgan fingerprint density at radius 3 is 2.30 bits per heavy atom. The van der Waals surface area contributed by atoms with E-state index in [1.54, 1.807) is 0 Å². The molecule has 0 aromatic heterocycles. The van der Waals surface area contributed by atoms with Crippen molar-refractivity contribution in [2.75, 3.05) is 0 Å². The largest absolute Gasteiger partial charge is 0.481 e. The average Bonchev–Trinajstić information content (AvgIpc) is 2.74. The first kappa shape index (κ1) is 23.6. The molecule has 5 aliphatic carbocycles. The Bertz CT molecular complexity index is 916. The zero-order chi connectivity index (χ0) is 24.2. The molecule has 0 heterocycles. The third-order valence-corrected chi connectivity index (χ3v) is 13.2. The van der Waals surface area contributed by atoms with Gasteiger partial charge in [-0.1, -0.05) is 60.1 Å². The maximum absolute atomic E-state index is 12.9. The van der Waals surface area contributed by atoms with E-state index in [1.165, 1.54) is 12.0 Å². The summed E-state index contributed by atoms with van der Waals surface area (Å²) in [6.07, 6.45) is 11.3. The second-order valence-electron chi connectivity index (χ2n) is 14.3. The highest BCUT2D eigenvalue weighted by molar-refractivity contribution is 5.85. The zero-order valence-electron chi connectivity index (χ0n) is 22.1. The topological polar surface area (TPSA) is 54.4 Å². The van der Waals surface area contributed by atoms with Gasteiger partial charge >= 0.3 is 5.97 Å². The maximum atomic E-state index is 12.9. The minimum atomic E-state index is -0.569. The first-order chi connectivity index (χ1) is 15.3. The van der Waals surface area contributed by atoms with Gasteiger partial charge in [-0.2, -0.15) is 0 Å². The van der Waals surface area contributed by atoms with Crippen LogP contribution in [0.15, 0.2) is 11.6 Å². The van der Waals surface area contributed by atoms with Gasteiger partial charge in [-0.3, -0.25) is 9.59 Å². The molecule has 5 rings (SSSR count). The molecule has 33 heavy (non-hydrogen) atoms. The van der Waals surface area contributed by atoms with E-state index in [2.05, 4.69) is 54.5 Å². The third-order valence-electron chi connectivity index (χ3n) is 13.2. The van der Waals surface area contributed by atoms with Crippen molar-refractivity contribution in [2.24, 2.45) is 56.7 Å². The molecule has 9 atom stereocenters. The maximum Gasteiger partial charge on any atom is 0.310 e. The van der Waals surface area contributed by atoms with Gasteiger partial charge in [0.1, 0.15) is 5.78 Å². The van der Waals surface area contributed by atoms with E-state index in [9.17, 15) is 14.7 Å². The predicted molar refractivity (Wildman–Crippen MR) is 132 cm³/mol. The number of allylic oxidation sites excluding steroid dienone is 2. The Labute approximate surface area is 201 Å². The molecule has 4 fully saturated rings. The summed E-state index contributed by atoms with van der Waals surface area (Å²) in [5.74, 6) is 2.10. The van der Waals surface area contributed by atoms with Crippen LogP contribution < -0.4 is 0 Å². The summed E-state index contributed by atoms with van der Waals surface area (Å²) in [6.45, 7) is 16.7. The first-order valence-corrected chi connectivity index (χ1v) is 13.7. The van der Waals surface area contributed by atoms with Crippen LogP contribution in [0.5, 0.6) is 0 Å². The highest BCUT2D eigenvalue weighted by atomic mass is 16.4. The molecule has 4 saturated carbocycles. The van der Waals surface area contributed by atoms with Gasteiger partial charge < -0.3 is 5.11 Å². The summed E-state index contributed by atoms with van der Waals surface area (Å²) >= 11 is 0. The number of hydrogen-bond donors (Lipinski definition) is 1. The van der Waals surface area contributed by atoms with Crippen LogP contribution in [0.4, 0.5) is 0 Å². The quantitative estimate of drug-likeness (QED) is 0.423. The Morgan fingerprint density at radius 2 is 1.64 bits per heavy atom. The number of carbonyl (C=O) groups excluding carboxylic acids is 1. The van der Waals surface area contributed by atoms with E-state index in [4.69, 9.17) is 0 Å². The van der Waals surface area contributed by atoms with Gasteiger partial charge in [0, 0.05) is 11.8 Å². The Morgan fingerprint density at radius 1 is 0.939 bits per heavy atom. The minimum absolute atomic E-state index is 0.0600. The molecule has 3 unspecified atom stereocenters. The van der Waals surface area contributed by atoms with Crippen molar-refractivity contribution < 1.29 is 14.7 Å². The average molecular weight is 455 g/mol. The Hall–Kier alpha value is -1.12. The number of ketones is 1. The van der Waals surface area contributed by atoms with Gasteiger partial charge in [0.05, 0.1) is 5.41 Å². The molecular weight excluding hydrogens is 408 g/mol. The van der Waals surface area contributed by atoms with Crippen molar-refractivity contribution in [3.63, 3.8) is 0 Å². The Balaban J connectivity index is 1.62. The lowest BCUT2D eigenvalue weighted by molar-refractivity contribution is -0.190. The smallest absolute Gasteiger partial charge is 0.310 e. The predicted octanol–water partition coefficient (Wildman–Crippen LogP) is 7.30. The fraction of sp³-hybridized carbons (Fsp3) is 0.867. The van der Waals surface area contributed by atoms with Gasteiger partial charge in [-0.05, 0) is 97.2 Å². The van der Waals surface area contributed by atoms with Gasteiger partial charge in [0.25, 0.3) is 0 Å². The molecule has 3 nitrogen and oxygen atoms in total. The molecular formula is C30H46O3. The molecule has 0 saturated heterocycles. The number of carboxylic acid groups (broad SMARTS) is 1. The lowest BCUT2D eigenvalue weighted by Crippen LogP contribution is -2.65. The van der Waals surface area contributed by atoms with Crippen LogP contribution >= 0.6 is 0 Å². The van der Waals surface area contributed by atoms with Crippen molar-refractivity contribution in [1.82, 2.24) is 0 Å². The van der Waals surface area contributed by atoms with Gasteiger partial charge in [-0.25, -0.2) is 0 Å². The molecule has 0 aromatic carbocycles. The number of Topliss-reactive ketones (excluding diaryl/α,β-unsaturated/α-hetero) is 1. The molecule has 0 spiro atoms. The first-order valence-electron chi connectivity index (χ1n) is 13.7. The van der Waals surface area contributed by atoms with Gasteiger partial charge in [-0.15, -0.1) is 0 Å². The normalized spacial score (nSPS) is 53.1. The van der Waals surface area contributed by atoms with E-state index in [0.29, 0.717) is 29.5 Å². The monoisotopic (exact) mass is 454 g/mol. The number of aliphatic carboxylic acids is 1. The molecule has 5 aliphatic rings. The summed E-state index contributed by atoms with van der Waals surface area (Å²) in [5, 5.41) is 10.5. The van der Waals surface area contributed by atoms with Crippen molar-refractivity contribution >= 4 is 11.8 Å². The molecule has 0 bridgehead atoms. The molecule has 0 amide bonds. The summed E-state index contributed by atoms with van der Waals surface area (Å²) in [4.78, 5) is 25.7. The number of carbonyl (C=O) groups is 2. The molecule has 0 aromatic rings. The molecule has 1 N–H and O–H groups in total. The van der Waals surface area contributed by atoms with E-state index in [0.717, 1.165) is 51.4 Å². The van der Waals surface area contributed by atoms with Crippen molar-refractivity contribution in [3.8, 4) is 0 Å². The number of carboxylic acids is 1. The van der Waals surface area contributed by atoms with E-state index in [1.807, 2.05) is 0 Å². The van der Waals surface area contributed by atoms with Crippen molar-refractivity contribution in [2.45, 2.75) is 106 Å². The van der Waals surface area contributed by atoms with E-state index >= 15 is 0 Å². The second kappa shape index (κ2) is 6.97. The van der Waals surface area contributed by atoms with Crippen LogP contribution in [-0.4, -0.2) is 16.9 Å². The molecule has 3 heteroatoms. The number of hydrogen-bond acceptors (Lipinski definition) is 2. The van der Waals surface area contributed by atoms with Gasteiger partial charge in [0.15, 0.2) is 0 Å². The van der Waals surface area contributed by atoms with E-state index in [-0.39, 0.29) is 27.6 Å². The minimum Gasteiger partial charge on any atom is -0.481 e. The summed E-state index contributed by atoms with van der Waals surface area (Å²) in [6, 6.07) is 0. The molecule has 0 aliphatic heterocycles. The second-order valence-corrected chi connectivity index (χ2v) is 14.3. The van der Waals surface area contributed by atoms with Crippen LogP contribution in [0, 0.1) is 56.7 Å². The standard InChI is InChI=1S/C30H46O3/c1-18-10-15-30(25(32)33)17-16-28(6)20(24(30)19(18)2)8-9-22-27(5)13-12-23(31)26(3,4)21(27)11-14-29(22,28)7/h8,18-19,21-22,24H,9-17H2,1-7H3,(H,32,33)/t18-,19+,21?,22?,24?,27+,28-,29-,30+/m1/s1. The Kier molecular flexibility index (Phi) is 4.99. The SMILES string of the molecule is C[C@@H]1CC[C@]2(C(=O)O)CC[C@]3(C)C(=CCC4[C@@]5(C)CCC(=O)C(C)(C)C5CC[C@]43C)C2[C@H]1C. The van der Waals surface area contributed by atoms with Crippen LogP contribution in [0.1, 0.15) is 106 Å². The van der Waals surface area contributed by atoms with Gasteiger partial charge in [0.2, 0.25) is 0 Å². The lowest BCUT2D eigenvalue weighted by atomic mass is 9.33. The van der Waals surface area contributed by atoms with Crippen molar-refractivity contribution in [3.05, 3.63) is 11.6 Å². The highest BCUT2D eigenvalue weighted by Gasteiger charge is 2.69. The fourth-order valence-electron chi connectivity index (χ4n) is 10.7. The summed E-state index contributed by atoms with van der Waals surface area (Å²) < 4.78 is 0. The van der Waals surface area contributed by atoms with E-state index < -0.39 is 11.4 Å². The van der Waals surface area contributed by atoms with Crippen molar-refractivity contribution in [1.29, 1.82) is 0 Å². The van der Waals surface area contributed by atoms with Crippen LogP contribution in [0.2, 0.25) is 0 Å². The summed E-state index contributed by atoms with van der Waals surface area (Å²) in [7, 11) is 0. The molecule has 184 valence electrons. The molecule has 0 radical (unpaired) electrons. The number of rotatable bonds is 1. The summed E-state index contributed by atoms with van der Waals surface area (Å²) in [5.41, 5.74) is 1.12. The van der Waals surface area contributed by atoms with Crippen LogP contribution in [0.3, 0.4) is 0 Å². The number of fused-ring (bicyclic) bond motifs is 7. The van der Waals surface area contributed by atoms with Crippen LogP contribution in [-0.2, 0) is 9.59 Å². The lowest BCUT2D eigenvalue weighted by Gasteiger charge is -2.70. The zero-order valence-corrected chi connectivity index (χ0v) is 22.1. The van der Waals surface area contributed by atoms with Crippen LogP contribution in [0.25, 0.3) is 0 Å². The third kappa shape index (κ3) is 2.69. The highest BCUT2D eigenvalue weighted by Crippen LogP contribution is 2.75.